The molecule has 0 aliphatic carbocycles. The fraction of sp³-hybridized carbons (Fsp3) is 0.200. The van der Waals surface area contributed by atoms with Gasteiger partial charge in [0.15, 0.2) is 4.34 Å². The van der Waals surface area contributed by atoms with Crippen molar-refractivity contribution in [3.8, 4) is 5.75 Å². The average molecular weight is 396 g/mol. The highest BCUT2D eigenvalue weighted by molar-refractivity contribution is 9.10. The van der Waals surface area contributed by atoms with Gasteiger partial charge in [0.2, 0.25) is 5.13 Å². The molecule has 0 aliphatic heterocycles. The third-order valence-corrected chi connectivity index (χ3v) is 6.14. The summed E-state index contributed by atoms with van der Waals surface area (Å²) in [5.74, 6) is 0.560. The second-order valence-corrected chi connectivity index (χ2v) is 8.05. The maximum absolute atomic E-state index is 12.2. The van der Waals surface area contributed by atoms with Crippen molar-refractivity contribution < 1.29 is 13.2 Å². The van der Waals surface area contributed by atoms with Crippen molar-refractivity contribution in [2.24, 2.45) is 0 Å². The molecule has 0 amide bonds. The molecule has 10 heteroatoms. The molecule has 2 aromatic rings. The average Bonchev–Trinajstić information content (AvgIpc) is 2.85. The lowest BCUT2D eigenvalue weighted by molar-refractivity contribution is 0.411. The molecule has 1 heterocycles. The van der Waals surface area contributed by atoms with Crippen LogP contribution in [0.5, 0.6) is 5.75 Å². The van der Waals surface area contributed by atoms with Gasteiger partial charge in [-0.25, -0.2) is 8.42 Å². The van der Waals surface area contributed by atoms with Crippen LogP contribution in [0.15, 0.2) is 31.9 Å². The van der Waals surface area contributed by atoms with Crippen molar-refractivity contribution >= 4 is 54.2 Å². The summed E-state index contributed by atoms with van der Waals surface area (Å²) >= 11 is 5.84. The quantitative estimate of drug-likeness (QED) is 0.783. The topological polar surface area (TPSA) is 81.2 Å². The number of methoxy groups -OCH3 is 1. The molecule has 1 N–H and O–H groups in total. The Morgan fingerprint density at radius 2 is 2.15 bits per heavy atom. The number of aromatic nitrogens is 2. The normalized spacial score (nSPS) is 11.3. The number of hydrogen-bond acceptors (Lipinski definition) is 7. The molecule has 0 saturated heterocycles. The van der Waals surface area contributed by atoms with E-state index in [2.05, 4.69) is 30.8 Å². The third-order valence-electron chi connectivity index (χ3n) is 2.24. The van der Waals surface area contributed by atoms with Crippen molar-refractivity contribution in [2.45, 2.75) is 9.24 Å². The second kappa shape index (κ2) is 6.29. The third kappa shape index (κ3) is 3.43. The van der Waals surface area contributed by atoms with Gasteiger partial charge >= 0.3 is 0 Å². The molecular formula is C10H10BrN3O3S3. The molecule has 0 fully saturated rings. The van der Waals surface area contributed by atoms with Crippen LogP contribution in [0.3, 0.4) is 0 Å². The number of hydrogen-bond donors (Lipinski definition) is 1. The summed E-state index contributed by atoms with van der Waals surface area (Å²) in [5, 5.41) is 7.84. The number of thioether (sulfide) groups is 1. The SMILES string of the molecule is COc1ccc(S(=O)(=O)Nc2nnc(SC)s2)cc1Br. The van der Waals surface area contributed by atoms with Gasteiger partial charge in [0.1, 0.15) is 5.75 Å². The number of benzene rings is 1. The molecule has 108 valence electrons. The van der Waals surface area contributed by atoms with Gasteiger partial charge in [-0.15, -0.1) is 10.2 Å². The zero-order chi connectivity index (χ0) is 14.8. The first kappa shape index (κ1) is 15.5. The lowest BCUT2D eigenvalue weighted by Gasteiger charge is -2.07. The smallest absolute Gasteiger partial charge is 0.263 e. The molecule has 0 aliphatic rings. The van der Waals surface area contributed by atoms with Gasteiger partial charge in [0, 0.05) is 0 Å². The van der Waals surface area contributed by atoms with E-state index in [0.29, 0.717) is 14.6 Å². The Labute approximate surface area is 133 Å². The van der Waals surface area contributed by atoms with Crippen molar-refractivity contribution in [2.75, 3.05) is 18.1 Å². The number of halogens is 1. The van der Waals surface area contributed by atoms with Gasteiger partial charge < -0.3 is 4.74 Å². The maximum atomic E-state index is 12.2. The van der Waals surface area contributed by atoms with Crippen molar-refractivity contribution in [1.29, 1.82) is 0 Å². The summed E-state index contributed by atoms with van der Waals surface area (Å²) in [6.07, 6.45) is 1.85. The summed E-state index contributed by atoms with van der Waals surface area (Å²) in [6.45, 7) is 0. The van der Waals surface area contributed by atoms with Crippen molar-refractivity contribution in [1.82, 2.24) is 10.2 Å². The highest BCUT2D eigenvalue weighted by Gasteiger charge is 2.18. The summed E-state index contributed by atoms with van der Waals surface area (Å²) in [6, 6.07) is 4.51. The molecule has 0 unspecified atom stereocenters. The summed E-state index contributed by atoms with van der Waals surface area (Å²) in [4.78, 5) is 0.117. The predicted molar refractivity (Wildman–Crippen MR) is 83.2 cm³/mol. The van der Waals surface area contributed by atoms with Crippen molar-refractivity contribution in [3.05, 3.63) is 22.7 Å². The van der Waals surface area contributed by atoms with Crippen LogP contribution in [0.2, 0.25) is 0 Å². The van der Waals surface area contributed by atoms with E-state index in [1.165, 1.54) is 42.3 Å². The summed E-state index contributed by atoms with van der Waals surface area (Å²) in [5.41, 5.74) is 0. The van der Waals surface area contributed by atoms with E-state index in [1.807, 2.05) is 6.26 Å². The molecule has 0 saturated carbocycles. The minimum absolute atomic E-state index is 0.117. The maximum Gasteiger partial charge on any atom is 0.263 e. The van der Waals surface area contributed by atoms with Gasteiger partial charge in [0.05, 0.1) is 16.5 Å². The van der Waals surface area contributed by atoms with E-state index in [4.69, 9.17) is 4.74 Å². The number of sulfonamides is 1. The Bertz CT molecular complexity index is 718. The number of rotatable bonds is 5. The minimum atomic E-state index is -3.69. The van der Waals surface area contributed by atoms with Crippen LogP contribution in [0.25, 0.3) is 0 Å². The fourth-order valence-electron chi connectivity index (χ4n) is 1.32. The number of ether oxygens (including phenoxy) is 1. The molecule has 2 rings (SSSR count). The zero-order valence-corrected chi connectivity index (χ0v) is 14.5. The van der Waals surface area contributed by atoms with E-state index >= 15 is 0 Å². The van der Waals surface area contributed by atoms with E-state index < -0.39 is 10.0 Å². The summed E-state index contributed by atoms with van der Waals surface area (Å²) in [7, 11) is -2.18. The lowest BCUT2D eigenvalue weighted by Crippen LogP contribution is -2.12. The van der Waals surface area contributed by atoms with E-state index in [0.717, 1.165) is 0 Å². The second-order valence-electron chi connectivity index (χ2n) is 3.48. The number of anilines is 1. The Hall–Kier alpha value is -0.840. The largest absolute Gasteiger partial charge is 0.496 e. The molecule has 0 atom stereocenters. The number of nitrogens with one attached hydrogen (secondary N) is 1. The van der Waals surface area contributed by atoms with Crippen LogP contribution in [0.1, 0.15) is 0 Å². The Balaban J connectivity index is 2.28. The predicted octanol–water partition coefficient (Wildman–Crippen LogP) is 2.83. The van der Waals surface area contributed by atoms with Crippen molar-refractivity contribution in [3.63, 3.8) is 0 Å². The van der Waals surface area contributed by atoms with E-state index in [1.54, 1.807) is 6.07 Å². The lowest BCUT2D eigenvalue weighted by atomic mass is 10.3. The first-order valence-corrected chi connectivity index (χ1v) is 9.52. The Morgan fingerprint density at radius 1 is 1.40 bits per heavy atom. The van der Waals surface area contributed by atoms with Gasteiger partial charge in [-0.2, -0.15) is 0 Å². The standard InChI is InChI=1S/C10H10BrN3O3S3/c1-17-8-4-3-6(5-7(8)11)20(15,16)14-9-12-13-10(18-2)19-9/h3-5H,1-2H3,(H,12,14). The summed E-state index contributed by atoms with van der Waals surface area (Å²) < 4.78 is 33.1. The molecule has 0 bridgehead atoms. The van der Waals surface area contributed by atoms with Crippen LogP contribution in [-0.2, 0) is 10.0 Å². The van der Waals surface area contributed by atoms with E-state index in [-0.39, 0.29) is 10.0 Å². The van der Waals surface area contributed by atoms with Crippen LogP contribution in [-0.4, -0.2) is 32.0 Å². The zero-order valence-electron chi connectivity index (χ0n) is 10.5. The highest BCUT2D eigenvalue weighted by Crippen LogP contribution is 2.29. The highest BCUT2D eigenvalue weighted by atomic mass is 79.9. The number of nitrogens with zero attached hydrogens (tertiary/aromatic N) is 2. The molecule has 1 aromatic carbocycles. The Morgan fingerprint density at radius 3 is 2.70 bits per heavy atom. The van der Waals surface area contributed by atoms with Gasteiger partial charge in [-0.3, -0.25) is 4.72 Å². The van der Waals surface area contributed by atoms with Gasteiger partial charge in [-0.1, -0.05) is 23.1 Å². The monoisotopic (exact) mass is 395 g/mol. The molecule has 0 spiro atoms. The molecule has 0 radical (unpaired) electrons. The van der Waals surface area contributed by atoms with Crippen LogP contribution >= 0.6 is 39.0 Å². The fourth-order valence-corrected chi connectivity index (χ4v) is 4.44. The molecule has 1 aromatic heterocycles. The first-order chi connectivity index (χ1) is 9.46. The molecular weight excluding hydrogens is 386 g/mol. The van der Waals surface area contributed by atoms with Crippen LogP contribution in [0, 0.1) is 0 Å². The van der Waals surface area contributed by atoms with Gasteiger partial charge in [0.25, 0.3) is 10.0 Å². The minimum Gasteiger partial charge on any atom is -0.496 e. The molecule has 6 nitrogen and oxygen atoms in total. The first-order valence-electron chi connectivity index (χ1n) is 5.20. The van der Waals surface area contributed by atoms with Crippen LogP contribution < -0.4 is 9.46 Å². The van der Waals surface area contributed by atoms with E-state index in [9.17, 15) is 8.42 Å². The Kier molecular flexibility index (Phi) is 4.89. The van der Waals surface area contributed by atoms with Crippen LogP contribution in [0.4, 0.5) is 5.13 Å². The van der Waals surface area contributed by atoms with Gasteiger partial charge in [-0.05, 0) is 40.4 Å². The molecule has 20 heavy (non-hydrogen) atoms.